The van der Waals surface area contributed by atoms with Gasteiger partial charge in [-0.05, 0) is 23.8 Å². The molecule has 1 atom stereocenters. The standard InChI is InChI=1S/C14H17NO2/c16-13(17)12(11-5-2-1-3-6-11)15-9-14(10-15)7-4-8-14/h1-3,5-6,12H,4,7-10H2,(H,16,17). The Bertz CT molecular complexity index is 417. The SMILES string of the molecule is O=C(O)C(c1ccccc1)N1CC2(CCC2)C1. The molecule has 2 aliphatic rings. The first-order valence-electron chi connectivity index (χ1n) is 6.22. The van der Waals surface area contributed by atoms with E-state index < -0.39 is 12.0 Å². The highest BCUT2D eigenvalue weighted by molar-refractivity contribution is 5.75. The molecule has 1 spiro atoms. The molecule has 1 unspecified atom stereocenters. The largest absolute Gasteiger partial charge is 0.480 e. The lowest BCUT2D eigenvalue weighted by Crippen LogP contribution is -2.61. The summed E-state index contributed by atoms with van der Waals surface area (Å²) < 4.78 is 0. The lowest BCUT2D eigenvalue weighted by atomic mass is 9.63. The van der Waals surface area contributed by atoms with Crippen LogP contribution >= 0.6 is 0 Å². The van der Waals surface area contributed by atoms with Crippen molar-refractivity contribution in [2.75, 3.05) is 13.1 Å². The number of hydrogen-bond acceptors (Lipinski definition) is 2. The molecule has 0 amide bonds. The Kier molecular flexibility index (Phi) is 2.44. The Hall–Kier alpha value is -1.35. The van der Waals surface area contributed by atoms with Crippen LogP contribution in [-0.2, 0) is 4.79 Å². The molecule has 1 aromatic rings. The summed E-state index contributed by atoms with van der Waals surface area (Å²) >= 11 is 0. The molecule has 1 aromatic carbocycles. The van der Waals surface area contributed by atoms with Gasteiger partial charge in [-0.15, -0.1) is 0 Å². The predicted molar refractivity (Wildman–Crippen MR) is 64.7 cm³/mol. The Morgan fingerprint density at radius 3 is 2.35 bits per heavy atom. The van der Waals surface area contributed by atoms with E-state index >= 15 is 0 Å². The second-order valence-electron chi connectivity index (χ2n) is 5.41. The second kappa shape index (κ2) is 3.84. The van der Waals surface area contributed by atoms with Crippen LogP contribution in [0.4, 0.5) is 0 Å². The molecule has 2 fully saturated rings. The molecular formula is C14H17NO2. The molecule has 1 heterocycles. The van der Waals surface area contributed by atoms with Crippen LogP contribution in [0.2, 0.25) is 0 Å². The van der Waals surface area contributed by atoms with Gasteiger partial charge in [0.15, 0.2) is 0 Å². The summed E-state index contributed by atoms with van der Waals surface area (Å²) in [5.41, 5.74) is 1.37. The number of rotatable bonds is 3. The average molecular weight is 231 g/mol. The first-order valence-corrected chi connectivity index (χ1v) is 6.22. The number of carboxylic acids is 1. The summed E-state index contributed by atoms with van der Waals surface area (Å²) in [6.07, 6.45) is 3.88. The van der Waals surface area contributed by atoms with E-state index in [9.17, 15) is 9.90 Å². The number of carbonyl (C=O) groups is 1. The summed E-state index contributed by atoms with van der Waals surface area (Å²) in [5.74, 6) is -0.731. The minimum atomic E-state index is -0.731. The molecule has 17 heavy (non-hydrogen) atoms. The van der Waals surface area contributed by atoms with E-state index in [1.165, 1.54) is 19.3 Å². The second-order valence-corrected chi connectivity index (χ2v) is 5.41. The molecule has 1 saturated heterocycles. The Labute approximate surface area is 101 Å². The quantitative estimate of drug-likeness (QED) is 0.867. The van der Waals surface area contributed by atoms with Crippen molar-refractivity contribution >= 4 is 5.97 Å². The predicted octanol–water partition coefficient (Wildman–Crippen LogP) is 2.30. The number of aliphatic carboxylic acids is 1. The Morgan fingerprint density at radius 2 is 1.88 bits per heavy atom. The van der Waals surface area contributed by atoms with E-state index in [-0.39, 0.29) is 0 Å². The van der Waals surface area contributed by atoms with Crippen molar-refractivity contribution in [2.24, 2.45) is 5.41 Å². The van der Waals surface area contributed by atoms with E-state index in [0.717, 1.165) is 18.7 Å². The van der Waals surface area contributed by atoms with Crippen molar-refractivity contribution in [1.29, 1.82) is 0 Å². The Balaban J connectivity index is 1.76. The third-order valence-corrected chi connectivity index (χ3v) is 4.21. The zero-order valence-electron chi connectivity index (χ0n) is 9.80. The molecule has 1 N–H and O–H groups in total. The molecule has 1 aliphatic heterocycles. The van der Waals surface area contributed by atoms with E-state index in [2.05, 4.69) is 4.90 Å². The summed E-state index contributed by atoms with van der Waals surface area (Å²) in [6, 6.07) is 9.09. The third-order valence-electron chi connectivity index (χ3n) is 4.21. The van der Waals surface area contributed by atoms with E-state index in [4.69, 9.17) is 0 Å². The first-order chi connectivity index (χ1) is 8.20. The van der Waals surface area contributed by atoms with Crippen molar-refractivity contribution in [3.05, 3.63) is 35.9 Å². The summed E-state index contributed by atoms with van der Waals surface area (Å²) in [6.45, 7) is 1.91. The lowest BCUT2D eigenvalue weighted by Gasteiger charge is -2.57. The van der Waals surface area contributed by atoms with Crippen LogP contribution in [-0.4, -0.2) is 29.1 Å². The maximum absolute atomic E-state index is 11.4. The maximum Gasteiger partial charge on any atom is 0.325 e. The first kappa shape index (κ1) is 10.8. The lowest BCUT2D eigenvalue weighted by molar-refractivity contribution is -0.154. The molecule has 0 radical (unpaired) electrons. The number of carboxylic acid groups (broad SMARTS) is 1. The minimum absolute atomic E-state index is 0.456. The van der Waals surface area contributed by atoms with Crippen molar-refractivity contribution in [1.82, 2.24) is 4.90 Å². The van der Waals surface area contributed by atoms with Gasteiger partial charge >= 0.3 is 5.97 Å². The average Bonchev–Trinajstić information content (AvgIpc) is 2.20. The molecule has 3 rings (SSSR count). The van der Waals surface area contributed by atoms with Crippen LogP contribution in [0.3, 0.4) is 0 Å². The van der Waals surface area contributed by atoms with Gasteiger partial charge in [0.2, 0.25) is 0 Å². The van der Waals surface area contributed by atoms with Gasteiger partial charge in [-0.3, -0.25) is 9.69 Å². The molecule has 90 valence electrons. The molecule has 0 aromatic heterocycles. The van der Waals surface area contributed by atoms with Gasteiger partial charge in [0, 0.05) is 13.1 Å². The van der Waals surface area contributed by atoms with Gasteiger partial charge < -0.3 is 5.11 Å². The Morgan fingerprint density at radius 1 is 1.24 bits per heavy atom. The van der Waals surface area contributed by atoms with E-state index in [1.807, 2.05) is 30.3 Å². The fourth-order valence-electron chi connectivity index (χ4n) is 3.14. The van der Waals surface area contributed by atoms with Gasteiger partial charge in [-0.1, -0.05) is 36.8 Å². The van der Waals surface area contributed by atoms with Gasteiger partial charge in [-0.2, -0.15) is 0 Å². The van der Waals surface area contributed by atoms with Crippen LogP contribution in [0.1, 0.15) is 30.9 Å². The highest BCUT2D eigenvalue weighted by atomic mass is 16.4. The van der Waals surface area contributed by atoms with Gasteiger partial charge in [0.1, 0.15) is 6.04 Å². The van der Waals surface area contributed by atoms with Gasteiger partial charge in [-0.25, -0.2) is 0 Å². The van der Waals surface area contributed by atoms with Crippen molar-refractivity contribution in [3.8, 4) is 0 Å². The molecule has 3 nitrogen and oxygen atoms in total. The zero-order valence-corrected chi connectivity index (χ0v) is 9.80. The number of nitrogens with zero attached hydrogens (tertiary/aromatic N) is 1. The minimum Gasteiger partial charge on any atom is -0.480 e. The van der Waals surface area contributed by atoms with Crippen LogP contribution in [0.25, 0.3) is 0 Å². The van der Waals surface area contributed by atoms with Crippen LogP contribution in [0.5, 0.6) is 0 Å². The van der Waals surface area contributed by atoms with Crippen LogP contribution in [0.15, 0.2) is 30.3 Å². The summed E-state index contributed by atoms with van der Waals surface area (Å²) in [5, 5.41) is 9.38. The number of hydrogen-bond donors (Lipinski definition) is 1. The fraction of sp³-hybridized carbons (Fsp3) is 0.500. The number of benzene rings is 1. The highest BCUT2D eigenvalue weighted by Gasteiger charge is 2.50. The van der Waals surface area contributed by atoms with Crippen LogP contribution in [0, 0.1) is 5.41 Å². The number of likely N-dealkylation sites (tertiary alicyclic amines) is 1. The van der Waals surface area contributed by atoms with Gasteiger partial charge in [0.25, 0.3) is 0 Å². The normalized spacial score (nSPS) is 23.8. The molecule has 3 heteroatoms. The zero-order chi connectivity index (χ0) is 11.9. The smallest absolute Gasteiger partial charge is 0.325 e. The summed E-state index contributed by atoms with van der Waals surface area (Å²) in [4.78, 5) is 13.5. The monoisotopic (exact) mass is 231 g/mol. The van der Waals surface area contributed by atoms with Gasteiger partial charge in [0.05, 0.1) is 0 Å². The highest BCUT2D eigenvalue weighted by Crippen LogP contribution is 2.50. The fourth-order valence-corrected chi connectivity index (χ4v) is 3.14. The van der Waals surface area contributed by atoms with Crippen LogP contribution < -0.4 is 0 Å². The van der Waals surface area contributed by atoms with Crippen molar-refractivity contribution < 1.29 is 9.90 Å². The van der Waals surface area contributed by atoms with Crippen molar-refractivity contribution in [2.45, 2.75) is 25.3 Å². The van der Waals surface area contributed by atoms with Crippen molar-refractivity contribution in [3.63, 3.8) is 0 Å². The van der Waals surface area contributed by atoms with E-state index in [0.29, 0.717) is 5.41 Å². The molecule has 0 bridgehead atoms. The topological polar surface area (TPSA) is 40.5 Å². The summed E-state index contributed by atoms with van der Waals surface area (Å²) in [7, 11) is 0. The molecule has 1 aliphatic carbocycles. The maximum atomic E-state index is 11.4. The molecule has 1 saturated carbocycles. The third kappa shape index (κ3) is 1.75. The molecular weight excluding hydrogens is 214 g/mol. The van der Waals surface area contributed by atoms with E-state index in [1.54, 1.807) is 0 Å².